The summed E-state index contributed by atoms with van der Waals surface area (Å²) in [6.45, 7) is 11.0. The van der Waals surface area contributed by atoms with Crippen molar-refractivity contribution in [2.75, 3.05) is 14.1 Å². The van der Waals surface area contributed by atoms with Crippen LogP contribution < -0.4 is 10.6 Å². The Labute approximate surface area is 81.6 Å². The first-order valence-corrected chi connectivity index (χ1v) is 4.31. The van der Waals surface area contributed by atoms with Crippen LogP contribution in [0.2, 0.25) is 0 Å². The Morgan fingerprint density at radius 1 is 1.23 bits per heavy atom. The van der Waals surface area contributed by atoms with Crippen molar-refractivity contribution in [3.8, 4) is 0 Å². The summed E-state index contributed by atoms with van der Waals surface area (Å²) in [6.07, 6.45) is 0. The van der Waals surface area contributed by atoms with E-state index < -0.39 is 0 Å². The van der Waals surface area contributed by atoms with Gasteiger partial charge in [-0.3, -0.25) is 4.79 Å². The molecular formula is C10H22N2O. The van der Waals surface area contributed by atoms with Crippen molar-refractivity contribution in [2.24, 2.45) is 0 Å². The minimum atomic E-state index is -0.157. The molecule has 3 nitrogen and oxygen atoms in total. The van der Waals surface area contributed by atoms with E-state index in [1.54, 1.807) is 6.92 Å². The van der Waals surface area contributed by atoms with Gasteiger partial charge in [0, 0.05) is 11.1 Å². The van der Waals surface area contributed by atoms with E-state index in [4.69, 9.17) is 0 Å². The fraction of sp³-hybridized carbons (Fsp3) is 0.700. The lowest BCUT2D eigenvalue weighted by molar-refractivity contribution is -0.118. The molecule has 0 aromatic carbocycles. The zero-order chi connectivity index (χ0) is 11.1. The van der Waals surface area contributed by atoms with Gasteiger partial charge in [-0.25, -0.2) is 0 Å². The first-order chi connectivity index (χ1) is 5.74. The molecule has 0 bridgehead atoms. The lowest BCUT2D eigenvalue weighted by Gasteiger charge is -2.20. The van der Waals surface area contributed by atoms with Gasteiger partial charge in [0.25, 0.3) is 0 Å². The molecule has 2 N–H and O–H groups in total. The van der Waals surface area contributed by atoms with Gasteiger partial charge in [0.1, 0.15) is 0 Å². The Morgan fingerprint density at radius 2 is 1.54 bits per heavy atom. The molecule has 0 radical (unpaired) electrons. The summed E-state index contributed by atoms with van der Waals surface area (Å²) in [5.41, 5.74) is 0.394. The van der Waals surface area contributed by atoms with Crippen molar-refractivity contribution in [3.05, 3.63) is 12.2 Å². The van der Waals surface area contributed by atoms with E-state index in [0.29, 0.717) is 5.57 Å². The van der Waals surface area contributed by atoms with Crippen LogP contribution in [0, 0.1) is 0 Å². The van der Waals surface area contributed by atoms with Gasteiger partial charge in [-0.15, -0.1) is 0 Å². The molecule has 13 heavy (non-hydrogen) atoms. The molecule has 0 aliphatic rings. The minimum Gasteiger partial charge on any atom is -0.348 e. The number of amides is 1. The zero-order valence-corrected chi connectivity index (χ0v) is 9.62. The number of hydrogen-bond donors (Lipinski definition) is 2. The van der Waals surface area contributed by atoms with Gasteiger partial charge in [-0.2, -0.15) is 0 Å². The molecule has 0 saturated heterocycles. The van der Waals surface area contributed by atoms with Gasteiger partial charge in [0.05, 0.1) is 0 Å². The Morgan fingerprint density at radius 3 is 1.62 bits per heavy atom. The Bertz CT molecular complexity index is 168. The standard InChI is InChI=1S/C8H15NO.C2H7N/c1-6(2)7(10)9-8(3,4)5;1-3-2/h1H2,2-5H3,(H,9,10);3H,1-2H3. The van der Waals surface area contributed by atoms with Crippen molar-refractivity contribution in [1.82, 2.24) is 10.6 Å². The first kappa shape index (κ1) is 14.7. The van der Waals surface area contributed by atoms with Crippen molar-refractivity contribution in [3.63, 3.8) is 0 Å². The quantitative estimate of drug-likeness (QED) is 0.606. The molecule has 0 rings (SSSR count). The fourth-order valence-electron chi connectivity index (χ4n) is 0.447. The molecule has 0 spiro atoms. The molecule has 0 fully saturated rings. The lowest BCUT2D eigenvalue weighted by Crippen LogP contribution is -2.40. The van der Waals surface area contributed by atoms with Crippen LogP contribution in [0.25, 0.3) is 0 Å². The van der Waals surface area contributed by atoms with E-state index in [0.717, 1.165) is 0 Å². The Hall–Kier alpha value is -0.830. The largest absolute Gasteiger partial charge is 0.348 e. The van der Waals surface area contributed by atoms with Crippen molar-refractivity contribution in [1.29, 1.82) is 0 Å². The Kier molecular flexibility index (Phi) is 7.52. The molecule has 0 aromatic rings. The van der Waals surface area contributed by atoms with Crippen LogP contribution in [0.1, 0.15) is 27.7 Å². The van der Waals surface area contributed by atoms with Crippen LogP contribution in [0.15, 0.2) is 12.2 Å². The second kappa shape index (κ2) is 6.66. The van der Waals surface area contributed by atoms with E-state index in [1.165, 1.54) is 0 Å². The molecule has 78 valence electrons. The molecule has 0 saturated carbocycles. The molecule has 0 aromatic heterocycles. The maximum atomic E-state index is 10.9. The maximum Gasteiger partial charge on any atom is 0.246 e. The highest BCUT2D eigenvalue weighted by Crippen LogP contribution is 2.00. The van der Waals surface area contributed by atoms with Crippen molar-refractivity contribution >= 4 is 5.91 Å². The maximum absolute atomic E-state index is 10.9. The lowest BCUT2D eigenvalue weighted by atomic mass is 10.1. The molecule has 0 aliphatic heterocycles. The fourth-order valence-corrected chi connectivity index (χ4v) is 0.447. The predicted octanol–water partition coefficient (Wildman–Crippen LogP) is 1.31. The van der Waals surface area contributed by atoms with Crippen LogP contribution in [0.5, 0.6) is 0 Å². The van der Waals surface area contributed by atoms with Crippen LogP contribution >= 0.6 is 0 Å². The predicted molar refractivity (Wildman–Crippen MR) is 57.7 cm³/mol. The van der Waals surface area contributed by atoms with E-state index in [1.807, 2.05) is 34.9 Å². The summed E-state index contributed by atoms with van der Waals surface area (Å²) in [4.78, 5) is 10.9. The van der Waals surface area contributed by atoms with Crippen molar-refractivity contribution in [2.45, 2.75) is 33.2 Å². The highest BCUT2D eigenvalue weighted by Gasteiger charge is 2.12. The van der Waals surface area contributed by atoms with E-state index >= 15 is 0 Å². The van der Waals surface area contributed by atoms with E-state index in [-0.39, 0.29) is 11.4 Å². The molecule has 3 heteroatoms. The molecule has 0 unspecified atom stereocenters. The molecule has 1 amide bonds. The van der Waals surface area contributed by atoms with Crippen LogP contribution in [0.4, 0.5) is 0 Å². The molecule has 0 aliphatic carbocycles. The highest BCUT2D eigenvalue weighted by molar-refractivity contribution is 5.92. The summed E-state index contributed by atoms with van der Waals surface area (Å²) >= 11 is 0. The number of carbonyl (C=O) groups excluding carboxylic acids is 1. The summed E-state index contributed by atoms with van der Waals surface area (Å²) in [6, 6.07) is 0. The average Bonchev–Trinajstić information content (AvgIpc) is 1.84. The van der Waals surface area contributed by atoms with Gasteiger partial charge in [0.15, 0.2) is 0 Å². The smallest absolute Gasteiger partial charge is 0.246 e. The third-order valence-corrected chi connectivity index (χ3v) is 0.876. The monoisotopic (exact) mass is 186 g/mol. The second-order valence-electron chi connectivity index (χ2n) is 3.98. The molecule has 0 heterocycles. The topological polar surface area (TPSA) is 41.1 Å². The number of hydrogen-bond acceptors (Lipinski definition) is 2. The third-order valence-electron chi connectivity index (χ3n) is 0.876. The number of rotatable bonds is 1. The van der Waals surface area contributed by atoms with Gasteiger partial charge < -0.3 is 10.6 Å². The van der Waals surface area contributed by atoms with Crippen molar-refractivity contribution < 1.29 is 4.79 Å². The summed E-state index contributed by atoms with van der Waals surface area (Å²) in [5, 5.41) is 5.53. The average molecular weight is 186 g/mol. The molecular weight excluding hydrogens is 164 g/mol. The third kappa shape index (κ3) is 14.1. The van der Waals surface area contributed by atoms with E-state index in [2.05, 4.69) is 17.2 Å². The Balaban J connectivity index is 0. The number of carbonyl (C=O) groups is 1. The van der Waals surface area contributed by atoms with Gasteiger partial charge >= 0.3 is 0 Å². The van der Waals surface area contributed by atoms with E-state index in [9.17, 15) is 4.79 Å². The zero-order valence-electron chi connectivity index (χ0n) is 9.62. The highest BCUT2D eigenvalue weighted by atomic mass is 16.1. The normalized spacial score (nSPS) is 9.69. The first-order valence-electron chi connectivity index (χ1n) is 4.31. The van der Waals surface area contributed by atoms with Crippen LogP contribution in [0.3, 0.4) is 0 Å². The van der Waals surface area contributed by atoms with Crippen LogP contribution in [-0.2, 0) is 4.79 Å². The van der Waals surface area contributed by atoms with Crippen LogP contribution in [-0.4, -0.2) is 25.5 Å². The van der Waals surface area contributed by atoms with Gasteiger partial charge in [0.2, 0.25) is 5.91 Å². The second-order valence-corrected chi connectivity index (χ2v) is 3.98. The summed E-state index contributed by atoms with van der Waals surface area (Å²) in [5.74, 6) is -0.0764. The SMILES string of the molecule is C=C(C)C(=O)NC(C)(C)C.CNC. The summed E-state index contributed by atoms with van der Waals surface area (Å²) < 4.78 is 0. The molecule has 0 atom stereocenters. The number of nitrogens with one attached hydrogen (secondary N) is 2. The van der Waals surface area contributed by atoms with Gasteiger partial charge in [-0.05, 0) is 41.8 Å². The summed E-state index contributed by atoms with van der Waals surface area (Å²) in [7, 11) is 3.75. The minimum absolute atomic E-state index is 0.0764. The van der Waals surface area contributed by atoms with Gasteiger partial charge in [-0.1, -0.05) is 6.58 Å².